The van der Waals surface area contributed by atoms with Gasteiger partial charge in [0.05, 0.1) is 25.0 Å². The molecule has 1 saturated heterocycles. The molecule has 0 spiro atoms. The monoisotopic (exact) mass is 334 g/mol. The Labute approximate surface area is 145 Å². The molecular formula is C19H18N4O2. The summed E-state index contributed by atoms with van der Waals surface area (Å²) < 4.78 is 6.88. The predicted octanol–water partition coefficient (Wildman–Crippen LogP) is 2.86. The lowest BCUT2D eigenvalue weighted by molar-refractivity contribution is 0.0450. The average molecular weight is 334 g/mol. The van der Waals surface area contributed by atoms with Crippen LogP contribution in [0, 0.1) is 0 Å². The van der Waals surface area contributed by atoms with Crippen molar-refractivity contribution in [2.45, 2.75) is 12.5 Å². The van der Waals surface area contributed by atoms with Crippen molar-refractivity contribution in [2.24, 2.45) is 0 Å². The second-order valence-electron chi connectivity index (χ2n) is 5.95. The number of methoxy groups -OCH3 is 1. The number of benzene rings is 2. The minimum Gasteiger partial charge on any atom is -0.497 e. The van der Waals surface area contributed by atoms with E-state index in [1.54, 1.807) is 11.8 Å². The first kappa shape index (κ1) is 15.4. The second-order valence-corrected chi connectivity index (χ2v) is 5.95. The fourth-order valence-corrected chi connectivity index (χ4v) is 3.11. The summed E-state index contributed by atoms with van der Waals surface area (Å²) in [5.74, 6) is 0.737. The van der Waals surface area contributed by atoms with Crippen LogP contribution in [0.3, 0.4) is 0 Å². The van der Waals surface area contributed by atoms with Gasteiger partial charge in [0.1, 0.15) is 5.75 Å². The molecule has 4 rings (SSSR count). The van der Waals surface area contributed by atoms with Crippen molar-refractivity contribution in [1.29, 1.82) is 0 Å². The number of para-hydroxylation sites is 1. The summed E-state index contributed by atoms with van der Waals surface area (Å²) in [7, 11) is 1.65. The number of rotatable bonds is 4. The first-order valence-electron chi connectivity index (χ1n) is 8.19. The molecule has 2 aromatic carbocycles. The molecule has 0 saturated carbocycles. The molecular weight excluding hydrogens is 316 g/mol. The van der Waals surface area contributed by atoms with Crippen molar-refractivity contribution >= 4 is 5.91 Å². The van der Waals surface area contributed by atoms with Gasteiger partial charge in [-0.3, -0.25) is 4.79 Å². The highest BCUT2D eigenvalue weighted by Crippen LogP contribution is 2.35. The van der Waals surface area contributed by atoms with Crippen molar-refractivity contribution in [3.05, 3.63) is 72.1 Å². The Balaban J connectivity index is 1.61. The van der Waals surface area contributed by atoms with Crippen molar-refractivity contribution in [2.75, 3.05) is 13.7 Å². The Bertz CT molecular complexity index is 891. The molecule has 126 valence electrons. The van der Waals surface area contributed by atoms with E-state index in [2.05, 4.69) is 10.3 Å². The van der Waals surface area contributed by atoms with Crippen LogP contribution < -0.4 is 4.74 Å². The molecule has 1 amide bonds. The lowest BCUT2D eigenvalue weighted by Gasteiger charge is -2.41. The molecule has 1 aliphatic rings. The first-order valence-corrected chi connectivity index (χ1v) is 8.19. The van der Waals surface area contributed by atoms with Crippen LogP contribution in [0.25, 0.3) is 5.69 Å². The number of carbonyl (C=O) groups is 1. The highest BCUT2D eigenvalue weighted by molar-refractivity contribution is 5.93. The first-order chi connectivity index (χ1) is 12.3. The molecule has 1 fully saturated rings. The molecule has 0 radical (unpaired) electrons. The van der Waals surface area contributed by atoms with E-state index < -0.39 is 0 Å². The van der Waals surface area contributed by atoms with E-state index in [4.69, 9.17) is 4.74 Å². The van der Waals surface area contributed by atoms with Crippen molar-refractivity contribution in [1.82, 2.24) is 19.9 Å². The summed E-state index contributed by atoms with van der Waals surface area (Å²) in [5.41, 5.74) is 2.37. The number of amides is 1. The maximum atomic E-state index is 13.0. The quantitative estimate of drug-likeness (QED) is 0.736. The lowest BCUT2D eigenvalue weighted by Crippen LogP contribution is -2.45. The Hall–Kier alpha value is -3.15. The molecule has 6 nitrogen and oxygen atoms in total. The third kappa shape index (κ3) is 2.76. The highest BCUT2D eigenvalue weighted by Gasteiger charge is 2.35. The highest BCUT2D eigenvalue weighted by atomic mass is 16.5. The average Bonchev–Trinajstić information content (AvgIpc) is 3.11. The summed E-state index contributed by atoms with van der Waals surface area (Å²) in [5, 5.41) is 8.00. The summed E-state index contributed by atoms with van der Waals surface area (Å²) in [6.07, 6.45) is 2.46. The predicted molar refractivity (Wildman–Crippen MR) is 92.7 cm³/mol. The van der Waals surface area contributed by atoms with Crippen LogP contribution in [0.2, 0.25) is 0 Å². The number of hydrogen-bond donors (Lipinski definition) is 0. The molecule has 2 heterocycles. The molecule has 3 aromatic rings. The SMILES string of the molecule is COc1cccc(C2CCN2C(=O)c2cnnn2-c2ccccc2)c1. The van der Waals surface area contributed by atoms with Gasteiger partial charge in [-0.2, -0.15) is 0 Å². The second kappa shape index (κ2) is 6.39. The normalized spacial score (nSPS) is 16.4. The van der Waals surface area contributed by atoms with Crippen molar-refractivity contribution in [3.8, 4) is 11.4 Å². The molecule has 1 aliphatic heterocycles. The van der Waals surface area contributed by atoms with Crippen molar-refractivity contribution < 1.29 is 9.53 Å². The molecule has 1 atom stereocenters. The van der Waals surface area contributed by atoms with Crippen LogP contribution in [-0.2, 0) is 0 Å². The largest absolute Gasteiger partial charge is 0.497 e. The summed E-state index contributed by atoms with van der Waals surface area (Å²) in [6, 6.07) is 17.5. The number of aromatic nitrogens is 3. The Morgan fingerprint density at radius 3 is 2.72 bits per heavy atom. The fourth-order valence-electron chi connectivity index (χ4n) is 3.11. The number of ether oxygens (including phenoxy) is 1. The Morgan fingerprint density at radius 1 is 1.16 bits per heavy atom. The van der Waals surface area contributed by atoms with Gasteiger partial charge in [-0.25, -0.2) is 4.68 Å². The summed E-state index contributed by atoms with van der Waals surface area (Å²) in [4.78, 5) is 14.9. The van der Waals surface area contributed by atoms with E-state index in [0.717, 1.165) is 30.0 Å². The molecule has 1 unspecified atom stereocenters. The van der Waals surface area contributed by atoms with Gasteiger partial charge in [-0.15, -0.1) is 5.10 Å². The van der Waals surface area contributed by atoms with E-state index >= 15 is 0 Å². The maximum Gasteiger partial charge on any atom is 0.274 e. The van der Waals surface area contributed by atoms with E-state index in [1.807, 2.05) is 59.5 Å². The third-order valence-electron chi connectivity index (χ3n) is 4.53. The van der Waals surface area contributed by atoms with Gasteiger partial charge in [-0.1, -0.05) is 35.5 Å². The van der Waals surface area contributed by atoms with Crippen LogP contribution >= 0.6 is 0 Å². The van der Waals surface area contributed by atoms with Gasteiger partial charge in [-0.05, 0) is 36.2 Å². The maximum absolute atomic E-state index is 13.0. The van der Waals surface area contributed by atoms with E-state index in [1.165, 1.54) is 6.20 Å². The molecule has 0 aliphatic carbocycles. The number of likely N-dealkylation sites (tertiary alicyclic amines) is 1. The molecule has 6 heteroatoms. The van der Waals surface area contributed by atoms with Crippen LogP contribution in [0.4, 0.5) is 0 Å². The van der Waals surface area contributed by atoms with Gasteiger partial charge in [0, 0.05) is 6.54 Å². The van der Waals surface area contributed by atoms with Crippen LogP contribution in [0.1, 0.15) is 28.5 Å². The van der Waals surface area contributed by atoms with E-state index in [-0.39, 0.29) is 11.9 Å². The smallest absolute Gasteiger partial charge is 0.274 e. The fraction of sp³-hybridized carbons (Fsp3) is 0.211. The zero-order chi connectivity index (χ0) is 17.2. The summed E-state index contributed by atoms with van der Waals surface area (Å²) in [6.45, 7) is 0.723. The Kier molecular flexibility index (Phi) is 3.93. The van der Waals surface area contributed by atoms with Gasteiger partial charge < -0.3 is 9.64 Å². The van der Waals surface area contributed by atoms with Gasteiger partial charge in [0.25, 0.3) is 5.91 Å². The molecule has 1 aromatic heterocycles. The molecule has 0 bridgehead atoms. The Morgan fingerprint density at radius 2 is 2.00 bits per heavy atom. The minimum absolute atomic E-state index is 0.0572. The van der Waals surface area contributed by atoms with Crippen molar-refractivity contribution in [3.63, 3.8) is 0 Å². The standard InChI is InChI=1S/C19H18N4O2/c1-25-16-9-5-6-14(12-16)17-10-11-22(17)19(24)18-13-20-21-23(18)15-7-3-2-4-8-15/h2-9,12-13,17H,10-11H2,1H3. The van der Waals surface area contributed by atoms with Gasteiger partial charge in [0.15, 0.2) is 5.69 Å². The zero-order valence-electron chi connectivity index (χ0n) is 13.9. The van der Waals surface area contributed by atoms with Crippen LogP contribution in [-0.4, -0.2) is 39.5 Å². The van der Waals surface area contributed by atoms with E-state index in [9.17, 15) is 4.79 Å². The van der Waals surface area contributed by atoms with Gasteiger partial charge in [0.2, 0.25) is 0 Å². The number of carbonyl (C=O) groups excluding carboxylic acids is 1. The molecule has 0 N–H and O–H groups in total. The topological polar surface area (TPSA) is 60.2 Å². The summed E-state index contributed by atoms with van der Waals surface area (Å²) >= 11 is 0. The minimum atomic E-state index is -0.0621. The van der Waals surface area contributed by atoms with Crippen LogP contribution in [0.5, 0.6) is 5.75 Å². The number of nitrogens with zero attached hydrogens (tertiary/aromatic N) is 4. The zero-order valence-corrected chi connectivity index (χ0v) is 13.9. The molecule has 25 heavy (non-hydrogen) atoms. The lowest BCUT2D eigenvalue weighted by atomic mass is 9.94. The third-order valence-corrected chi connectivity index (χ3v) is 4.53. The van der Waals surface area contributed by atoms with Gasteiger partial charge >= 0.3 is 0 Å². The van der Waals surface area contributed by atoms with Crippen LogP contribution in [0.15, 0.2) is 60.8 Å². The number of hydrogen-bond acceptors (Lipinski definition) is 4. The van der Waals surface area contributed by atoms with E-state index in [0.29, 0.717) is 5.69 Å².